The Balaban J connectivity index is 3.17. The van der Waals surface area contributed by atoms with Crippen molar-refractivity contribution in [3.05, 3.63) is 24.8 Å². The molecule has 0 N–H and O–H groups in total. The highest BCUT2D eigenvalue weighted by atomic mass is 14.1. The highest BCUT2D eigenvalue weighted by Gasteiger charge is 2.08. The average molecular weight is 180 g/mol. The fourth-order valence-electron chi connectivity index (χ4n) is 1.29. The van der Waals surface area contributed by atoms with E-state index in [1.54, 1.807) is 0 Å². The van der Waals surface area contributed by atoms with Crippen molar-refractivity contribution in [1.82, 2.24) is 0 Å². The second-order valence-corrected chi connectivity index (χ2v) is 4.82. The summed E-state index contributed by atoms with van der Waals surface area (Å²) in [6.45, 7) is 10.6. The third-order valence-electron chi connectivity index (χ3n) is 2.07. The van der Waals surface area contributed by atoms with Crippen LogP contribution in [0, 0.1) is 5.41 Å². The number of unbranched alkanes of at least 4 members (excludes halogenated alkanes) is 3. The standard InChI is InChI=1S/C13H24/c1-5-6-7-8-9-10-11-12-13(2,3)4/h5-7H,1,8-12H2,2-4H3. The van der Waals surface area contributed by atoms with Gasteiger partial charge in [0.05, 0.1) is 0 Å². The van der Waals surface area contributed by atoms with Crippen molar-refractivity contribution in [2.24, 2.45) is 5.41 Å². The predicted octanol–water partition coefficient (Wildman–Crippen LogP) is 4.73. The van der Waals surface area contributed by atoms with Gasteiger partial charge >= 0.3 is 0 Å². The van der Waals surface area contributed by atoms with Gasteiger partial charge in [-0.2, -0.15) is 0 Å². The van der Waals surface area contributed by atoms with Gasteiger partial charge in [0.1, 0.15) is 0 Å². The van der Waals surface area contributed by atoms with Gasteiger partial charge in [0.15, 0.2) is 0 Å². The third kappa shape index (κ3) is 11.5. The minimum atomic E-state index is 0.511. The first-order valence-corrected chi connectivity index (χ1v) is 5.34. The molecule has 0 aromatic heterocycles. The first-order valence-electron chi connectivity index (χ1n) is 5.34. The highest BCUT2D eigenvalue weighted by molar-refractivity contribution is 4.96. The van der Waals surface area contributed by atoms with E-state index in [-0.39, 0.29) is 0 Å². The molecular formula is C13H24. The van der Waals surface area contributed by atoms with Crippen LogP contribution in [-0.2, 0) is 0 Å². The van der Waals surface area contributed by atoms with E-state index in [0.29, 0.717) is 5.41 Å². The Morgan fingerprint density at radius 1 is 1.08 bits per heavy atom. The summed E-state index contributed by atoms with van der Waals surface area (Å²) < 4.78 is 0. The summed E-state index contributed by atoms with van der Waals surface area (Å²) in [5.74, 6) is 0. The maximum Gasteiger partial charge on any atom is -0.0348 e. The van der Waals surface area contributed by atoms with Crippen molar-refractivity contribution in [3.63, 3.8) is 0 Å². The lowest BCUT2D eigenvalue weighted by atomic mass is 9.89. The van der Waals surface area contributed by atoms with Crippen molar-refractivity contribution in [1.29, 1.82) is 0 Å². The summed E-state index contributed by atoms with van der Waals surface area (Å²) in [5.41, 5.74) is 0.511. The van der Waals surface area contributed by atoms with Gasteiger partial charge in [-0.15, -0.1) is 0 Å². The molecule has 0 aliphatic carbocycles. The smallest absolute Gasteiger partial charge is 0.0348 e. The molecule has 13 heavy (non-hydrogen) atoms. The van der Waals surface area contributed by atoms with Gasteiger partial charge in [-0.05, 0) is 24.7 Å². The van der Waals surface area contributed by atoms with Crippen LogP contribution in [0.25, 0.3) is 0 Å². The molecule has 0 radical (unpaired) electrons. The molecule has 0 spiro atoms. The molecule has 0 rings (SSSR count). The molecule has 0 bridgehead atoms. The Kier molecular flexibility index (Phi) is 6.66. The number of hydrogen-bond acceptors (Lipinski definition) is 0. The molecule has 0 amide bonds. The second kappa shape index (κ2) is 6.94. The molecule has 0 fully saturated rings. The Bertz CT molecular complexity index is 146. The normalized spacial score (nSPS) is 12.2. The van der Waals surface area contributed by atoms with Gasteiger partial charge in [-0.1, -0.05) is 58.4 Å². The lowest BCUT2D eigenvalue weighted by Crippen LogP contribution is -2.03. The minimum absolute atomic E-state index is 0.511. The molecule has 0 saturated heterocycles. The zero-order valence-electron chi connectivity index (χ0n) is 9.47. The van der Waals surface area contributed by atoms with Gasteiger partial charge < -0.3 is 0 Å². The van der Waals surface area contributed by atoms with Crippen LogP contribution in [-0.4, -0.2) is 0 Å². The van der Waals surface area contributed by atoms with E-state index in [1.807, 2.05) is 12.2 Å². The summed E-state index contributed by atoms with van der Waals surface area (Å²) >= 11 is 0. The summed E-state index contributed by atoms with van der Waals surface area (Å²) in [6.07, 6.45) is 12.7. The van der Waals surface area contributed by atoms with Gasteiger partial charge in [0, 0.05) is 0 Å². The lowest BCUT2D eigenvalue weighted by Gasteiger charge is -2.17. The molecule has 0 aliphatic rings. The van der Waals surface area contributed by atoms with E-state index in [1.165, 1.54) is 32.1 Å². The Labute approximate surface area is 83.7 Å². The molecule has 0 aromatic rings. The van der Waals surface area contributed by atoms with Crippen LogP contribution < -0.4 is 0 Å². The monoisotopic (exact) mass is 180 g/mol. The van der Waals surface area contributed by atoms with E-state index in [4.69, 9.17) is 0 Å². The van der Waals surface area contributed by atoms with Crippen LogP contribution in [0.3, 0.4) is 0 Å². The van der Waals surface area contributed by atoms with Crippen LogP contribution in [0.2, 0.25) is 0 Å². The van der Waals surface area contributed by atoms with E-state index in [9.17, 15) is 0 Å². The Hall–Kier alpha value is -0.520. The quantitative estimate of drug-likeness (QED) is 0.409. The van der Waals surface area contributed by atoms with Crippen molar-refractivity contribution >= 4 is 0 Å². The number of rotatable bonds is 6. The van der Waals surface area contributed by atoms with Crippen molar-refractivity contribution in [2.45, 2.75) is 52.9 Å². The average Bonchev–Trinajstić information content (AvgIpc) is 2.01. The molecule has 0 heterocycles. The summed E-state index contributed by atoms with van der Waals surface area (Å²) in [7, 11) is 0. The zero-order chi connectivity index (χ0) is 10.2. The van der Waals surface area contributed by atoms with Crippen LogP contribution in [0.1, 0.15) is 52.9 Å². The molecule has 0 saturated carbocycles. The van der Waals surface area contributed by atoms with Crippen molar-refractivity contribution in [2.75, 3.05) is 0 Å². The van der Waals surface area contributed by atoms with E-state index >= 15 is 0 Å². The van der Waals surface area contributed by atoms with Crippen LogP contribution in [0.15, 0.2) is 24.8 Å². The predicted molar refractivity (Wildman–Crippen MR) is 61.9 cm³/mol. The van der Waals surface area contributed by atoms with Crippen molar-refractivity contribution in [3.8, 4) is 0 Å². The molecule has 0 aromatic carbocycles. The van der Waals surface area contributed by atoms with Crippen LogP contribution in [0.5, 0.6) is 0 Å². The summed E-state index contributed by atoms with van der Waals surface area (Å²) in [5, 5.41) is 0. The fraction of sp³-hybridized carbons (Fsp3) is 0.692. The first kappa shape index (κ1) is 12.5. The van der Waals surface area contributed by atoms with E-state index < -0.39 is 0 Å². The zero-order valence-corrected chi connectivity index (χ0v) is 9.47. The van der Waals surface area contributed by atoms with Crippen LogP contribution in [0.4, 0.5) is 0 Å². The van der Waals surface area contributed by atoms with Gasteiger partial charge in [-0.25, -0.2) is 0 Å². The second-order valence-electron chi connectivity index (χ2n) is 4.82. The van der Waals surface area contributed by atoms with Crippen LogP contribution >= 0.6 is 0 Å². The van der Waals surface area contributed by atoms with Gasteiger partial charge in [-0.3, -0.25) is 0 Å². The van der Waals surface area contributed by atoms with Gasteiger partial charge in [0.25, 0.3) is 0 Å². The van der Waals surface area contributed by atoms with E-state index in [2.05, 4.69) is 33.4 Å². The molecule has 0 unspecified atom stereocenters. The maximum absolute atomic E-state index is 3.64. The van der Waals surface area contributed by atoms with E-state index in [0.717, 1.165) is 0 Å². The summed E-state index contributed by atoms with van der Waals surface area (Å²) in [6, 6.07) is 0. The highest BCUT2D eigenvalue weighted by Crippen LogP contribution is 2.22. The Morgan fingerprint density at radius 3 is 2.31 bits per heavy atom. The molecule has 0 aliphatic heterocycles. The topological polar surface area (TPSA) is 0 Å². The third-order valence-corrected chi connectivity index (χ3v) is 2.07. The number of allylic oxidation sites excluding steroid dienone is 3. The molecule has 76 valence electrons. The molecular weight excluding hydrogens is 156 g/mol. The number of hydrogen-bond donors (Lipinski definition) is 0. The Morgan fingerprint density at radius 2 is 1.77 bits per heavy atom. The first-order chi connectivity index (χ1) is 6.06. The minimum Gasteiger partial charge on any atom is -0.0991 e. The molecule has 0 nitrogen and oxygen atoms in total. The van der Waals surface area contributed by atoms with Crippen molar-refractivity contribution < 1.29 is 0 Å². The molecule has 0 atom stereocenters. The SMILES string of the molecule is C=CC=CCCCCCC(C)(C)C. The fourth-order valence-corrected chi connectivity index (χ4v) is 1.29. The largest absolute Gasteiger partial charge is 0.0991 e. The summed E-state index contributed by atoms with van der Waals surface area (Å²) in [4.78, 5) is 0. The molecule has 0 heteroatoms. The lowest BCUT2D eigenvalue weighted by molar-refractivity contribution is 0.358. The van der Waals surface area contributed by atoms with Gasteiger partial charge in [0.2, 0.25) is 0 Å². The maximum atomic E-state index is 3.64.